The maximum atomic E-state index is 8.08. The monoisotopic (exact) mass is 410 g/mol. The fourth-order valence-electron chi connectivity index (χ4n) is 4.15. The number of aromatic nitrogens is 2. The lowest BCUT2D eigenvalue weighted by atomic mass is 10.1. The first-order valence-electron chi connectivity index (χ1n) is 11.8. The van der Waals surface area contributed by atoms with Crippen LogP contribution in [0.5, 0.6) is 0 Å². The fourth-order valence-corrected chi connectivity index (χ4v) is 4.15. The second kappa shape index (κ2) is 12.6. The van der Waals surface area contributed by atoms with Crippen LogP contribution in [-0.4, -0.2) is 9.13 Å². The zero-order valence-corrected chi connectivity index (χ0v) is 19.7. The quantitative estimate of drug-likeness (QED) is 0.376. The van der Waals surface area contributed by atoms with Crippen LogP contribution in [0.3, 0.4) is 0 Å². The summed E-state index contributed by atoms with van der Waals surface area (Å²) in [6, 6.07) is 7.91. The van der Waals surface area contributed by atoms with Gasteiger partial charge in [0.15, 0.2) is 0 Å². The standard InChI is InChI=1S/C26H42N4/c1-21-15-17-25(27)29(23(21)3)19-13-11-9-7-5-6-8-10-12-14-20-30-24(4)22(2)16-18-26(30)28/h15-18,27-28H,5-14,19-20H2,1-4H3. The topological polar surface area (TPSA) is 57.6 Å². The summed E-state index contributed by atoms with van der Waals surface area (Å²) in [5, 5.41) is 16.2. The van der Waals surface area contributed by atoms with Gasteiger partial charge in [-0.1, -0.05) is 63.5 Å². The number of hydrogen-bond donors (Lipinski definition) is 2. The highest BCUT2D eigenvalue weighted by Crippen LogP contribution is 2.12. The smallest absolute Gasteiger partial charge is 0.124 e. The Balaban J connectivity index is 1.48. The SMILES string of the molecule is Cc1ccc(=N)n(CCCCCCCCCCCCn2c(C)c(C)ccc2=N)c1C. The predicted octanol–water partition coefficient (Wildman–Crippen LogP) is 6.08. The summed E-state index contributed by atoms with van der Waals surface area (Å²) in [7, 11) is 0. The number of rotatable bonds is 13. The second-order valence-corrected chi connectivity index (χ2v) is 8.81. The van der Waals surface area contributed by atoms with Crippen LogP contribution >= 0.6 is 0 Å². The van der Waals surface area contributed by atoms with Gasteiger partial charge in [-0.15, -0.1) is 0 Å². The Morgan fingerprint density at radius 3 is 1.13 bits per heavy atom. The second-order valence-electron chi connectivity index (χ2n) is 8.81. The third kappa shape index (κ3) is 7.30. The predicted molar refractivity (Wildman–Crippen MR) is 126 cm³/mol. The van der Waals surface area contributed by atoms with Crippen LogP contribution in [0.2, 0.25) is 0 Å². The molecule has 0 spiro atoms. The molecule has 0 aliphatic heterocycles. The van der Waals surface area contributed by atoms with E-state index in [9.17, 15) is 0 Å². The van der Waals surface area contributed by atoms with Crippen LogP contribution in [0.25, 0.3) is 0 Å². The van der Waals surface area contributed by atoms with Crippen molar-refractivity contribution in [1.82, 2.24) is 9.13 Å². The van der Waals surface area contributed by atoms with Crippen LogP contribution in [-0.2, 0) is 13.1 Å². The maximum Gasteiger partial charge on any atom is 0.124 e. The van der Waals surface area contributed by atoms with Crippen molar-refractivity contribution >= 4 is 0 Å². The summed E-state index contributed by atoms with van der Waals surface area (Å²) in [4.78, 5) is 0. The molecule has 0 aromatic carbocycles. The lowest BCUT2D eigenvalue weighted by Crippen LogP contribution is -2.22. The van der Waals surface area contributed by atoms with Gasteiger partial charge >= 0.3 is 0 Å². The zero-order valence-electron chi connectivity index (χ0n) is 19.7. The van der Waals surface area contributed by atoms with Crippen LogP contribution in [0.1, 0.15) is 86.7 Å². The summed E-state index contributed by atoms with van der Waals surface area (Å²) in [5.41, 5.74) is 6.29. The molecule has 30 heavy (non-hydrogen) atoms. The van der Waals surface area contributed by atoms with Gasteiger partial charge in [0.1, 0.15) is 11.0 Å². The molecule has 0 bridgehead atoms. The van der Waals surface area contributed by atoms with Crippen molar-refractivity contribution in [1.29, 1.82) is 10.8 Å². The number of pyridine rings is 2. The van der Waals surface area contributed by atoms with Gasteiger partial charge in [-0.3, -0.25) is 10.8 Å². The summed E-state index contributed by atoms with van der Waals surface area (Å²) in [5.74, 6) is 0. The van der Waals surface area contributed by atoms with Gasteiger partial charge in [0.25, 0.3) is 0 Å². The van der Waals surface area contributed by atoms with E-state index in [0.717, 1.165) is 13.1 Å². The Bertz CT molecular complexity index is 829. The molecular formula is C26H42N4. The van der Waals surface area contributed by atoms with Gasteiger partial charge in [-0.25, -0.2) is 0 Å². The first-order chi connectivity index (χ1) is 14.4. The molecule has 0 amide bonds. The molecule has 0 unspecified atom stereocenters. The largest absolute Gasteiger partial charge is 0.331 e. The number of nitrogens with one attached hydrogen (secondary N) is 2. The highest BCUT2D eigenvalue weighted by atomic mass is 15.0. The molecule has 0 saturated carbocycles. The third-order valence-electron chi connectivity index (χ3n) is 6.53. The summed E-state index contributed by atoms with van der Waals surface area (Å²) in [6.45, 7) is 10.5. The van der Waals surface area contributed by atoms with E-state index >= 15 is 0 Å². The molecule has 4 heteroatoms. The van der Waals surface area contributed by atoms with E-state index in [1.165, 1.54) is 86.7 Å². The van der Waals surface area contributed by atoms with Crippen molar-refractivity contribution < 1.29 is 0 Å². The molecule has 0 atom stereocenters. The first kappa shape index (κ1) is 24.2. The lowest BCUT2D eigenvalue weighted by Gasteiger charge is -2.13. The van der Waals surface area contributed by atoms with E-state index in [2.05, 4.69) is 36.8 Å². The molecule has 166 valence electrons. The van der Waals surface area contributed by atoms with E-state index in [1.807, 2.05) is 24.3 Å². The molecule has 2 aromatic rings. The molecule has 0 radical (unpaired) electrons. The van der Waals surface area contributed by atoms with Gasteiger partial charge in [0, 0.05) is 24.5 Å². The molecule has 0 aliphatic rings. The molecule has 2 N–H and O–H groups in total. The van der Waals surface area contributed by atoms with Gasteiger partial charge in [0.05, 0.1) is 0 Å². The number of nitrogens with zero attached hydrogens (tertiary/aromatic N) is 2. The van der Waals surface area contributed by atoms with Crippen LogP contribution in [0.15, 0.2) is 24.3 Å². The summed E-state index contributed by atoms with van der Waals surface area (Å²) in [6.07, 6.45) is 12.9. The molecule has 0 aliphatic carbocycles. The van der Waals surface area contributed by atoms with E-state index in [1.54, 1.807) is 0 Å². The maximum absolute atomic E-state index is 8.08. The van der Waals surface area contributed by atoms with Crippen molar-refractivity contribution in [3.8, 4) is 0 Å². The summed E-state index contributed by atoms with van der Waals surface area (Å²) < 4.78 is 4.30. The lowest BCUT2D eigenvalue weighted by molar-refractivity contribution is 0.508. The average Bonchev–Trinajstić information content (AvgIpc) is 2.73. The Hall–Kier alpha value is -2.10. The number of unbranched alkanes of at least 4 members (excludes halogenated alkanes) is 9. The molecule has 2 rings (SSSR count). The Kier molecular flexibility index (Phi) is 10.1. The number of aryl methyl sites for hydroxylation is 2. The van der Waals surface area contributed by atoms with Crippen LogP contribution < -0.4 is 11.0 Å². The van der Waals surface area contributed by atoms with Crippen molar-refractivity contribution in [2.45, 2.75) is 105 Å². The molecule has 2 aromatic heterocycles. The Morgan fingerprint density at radius 2 is 0.800 bits per heavy atom. The van der Waals surface area contributed by atoms with Crippen molar-refractivity contribution in [3.05, 3.63) is 57.8 Å². The highest BCUT2D eigenvalue weighted by molar-refractivity contribution is 5.17. The van der Waals surface area contributed by atoms with Crippen molar-refractivity contribution in [2.75, 3.05) is 0 Å². The van der Waals surface area contributed by atoms with Gasteiger partial charge in [0.2, 0.25) is 0 Å². The summed E-state index contributed by atoms with van der Waals surface area (Å²) >= 11 is 0. The molecule has 0 saturated heterocycles. The minimum absolute atomic E-state index is 0.632. The van der Waals surface area contributed by atoms with Crippen LogP contribution in [0.4, 0.5) is 0 Å². The van der Waals surface area contributed by atoms with Crippen molar-refractivity contribution in [3.63, 3.8) is 0 Å². The molecular weight excluding hydrogens is 368 g/mol. The molecule has 0 fully saturated rings. The Labute approximate surface area is 183 Å². The van der Waals surface area contributed by atoms with Crippen LogP contribution in [0, 0.1) is 38.5 Å². The highest BCUT2D eigenvalue weighted by Gasteiger charge is 2.02. The van der Waals surface area contributed by atoms with E-state index in [4.69, 9.17) is 10.8 Å². The van der Waals surface area contributed by atoms with Gasteiger partial charge in [-0.05, 0) is 63.8 Å². The minimum Gasteiger partial charge on any atom is -0.331 e. The first-order valence-corrected chi connectivity index (χ1v) is 11.8. The molecule has 4 nitrogen and oxygen atoms in total. The average molecular weight is 411 g/mol. The van der Waals surface area contributed by atoms with Gasteiger partial charge < -0.3 is 9.13 Å². The van der Waals surface area contributed by atoms with E-state index in [-0.39, 0.29) is 0 Å². The Morgan fingerprint density at radius 1 is 0.500 bits per heavy atom. The molecule has 2 heterocycles. The number of hydrogen-bond acceptors (Lipinski definition) is 2. The van der Waals surface area contributed by atoms with Gasteiger partial charge in [-0.2, -0.15) is 0 Å². The normalized spacial score (nSPS) is 11.2. The minimum atomic E-state index is 0.632. The van der Waals surface area contributed by atoms with E-state index < -0.39 is 0 Å². The van der Waals surface area contributed by atoms with Crippen molar-refractivity contribution in [2.24, 2.45) is 0 Å². The van der Waals surface area contributed by atoms with E-state index in [0.29, 0.717) is 11.0 Å². The third-order valence-corrected chi connectivity index (χ3v) is 6.53. The zero-order chi connectivity index (χ0) is 21.9. The fraction of sp³-hybridized carbons (Fsp3) is 0.615.